The molecule has 0 aliphatic carbocycles. The summed E-state index contributed by atoms with van der Waals surface area (Å²) in [7, 11) is 1.38. The van der Waals surface area contributed by atoms with Gasteiger partial charge in [-0.1, -0.05) is 0 Å². The molecule has 22 heavy (non-hydrogen) atoms. The Morgan fingerprint density at radius 3 is 2.27 bits per heavy atom. The molecule has 0 fully saturated rings. The van der Waals surface area contributed by atoms with E-state index < -0.39 is 46.5 Å². The van der Waals surface area contributed by atoms with Crippen LogP contribution in [0.25, 0.3) is 11.3 Å². The summed E-state index contributed by atoms with van der Waals surface area (Å²) >= 11 is 0. The number of ether oxygens (including phenoxy) is 1. The molecular weight excluding hydrogens is 299 g/mol. The molecule has 1 N–H and O–H groups in total. The summed E-state index contributed by atoms with van der Waals surface area (Å²) in [6, 6.07) is 3.72. The minimum absolute atomic E-state index is 0.232. The fourth-order valence-electron chi connectivity index (χ4n) is 1.93. The number of aromatic nitrogens is 1. The molecule has 0 saturated heterocycles. The molecule has 0 bridgehead atoms. The Labute approximate surface area is 124 Å². The molecule has 0 radical (unpaired) electrons. The van der Waals surface area contributed by atoms with Crippen molar-refractivity contribution >= 4 is 5.97 Å². The molecule has 0 unspecified atom stereocenters. The van der Waals surface area contributed by atoms with Gasteiger partial charge in [-0.15, -0.1) is 0 Å². The van der Waals surface area contributed by atoms with Crippen molar-refractivity contribution in [3.63, 3.8) is 0 Å². The summed E-state index contributed by atoms with van der Waals surface area (Å²) in [4.78, 5) is 14.3. The van der Waals surface area contributed by atoms with E-state index in [-0.39, 0.29) is 5.56 Å². The topological polar surface area (TPSA) is 59.4 Å². The minimum atomic E-state index is -1.42. The van der Waals surface area contributed by atoms with E-state index in [0.717, 1.165) is 24.3 Å². The SMILES string of the molecule is CO[C@@H](C)c1cc(F)c(-c2nc(C(=O)O)ccc2F)c(F)c1. The lowest BCUT2D eigenvalue weighted by atomic mass is 10.0. The molecule has 0 aliphatic rings. The highest BCUT2D eigenvalue weighted by molar-refractivity contribution is 5.86. The maximum atomic E-state index is 14.2. The van der Waals surface area contributed by atoms with Gasteiger partial charge in [0.2, 0.25) is 0 Å². The van der Waals surface area contributed by atoms with Gasteiger partial charge in [0.1, 0.15) is 28.8 Å². The second kappa shape index (κ2) is 6.15. The molecule has 7 heteroatoms. The van der Waals surface area contributed by atoms with Crippen LogP contribution in [0.5, 0.6) is 0 Å². The van der Waals surface area contributed by atoms with Crippen LogP contribution < -0.4 is 0 Å². The summed E-state index contributed by atoms with van der Waals surface area (Å²) < 4.78 is 47.1. The molecule has 0 saturated carbocycles. The van der Waals surface area contributed by atoms with E-state index in [0.29, 0.717) is 0 Å². The van der Waals surface area contributed by atoms with E-state index >= 15 is 0 Å². The zero-order chi connectivity index (χ0) is 16.4. The van der Waals surface area contributed by atoms with Crippen molar-refractivity contribution in [1.29, 1.82) is 0 Å². The van der Waals surface area contributed by atoms with Gasteiger partial charge < -0.3 is 9.84 Å². The molecule has 2 aromatic rings. The van der Waals surface area contributed by atoms with Crippen molar-refractivity contribution < 1.29 is 27.8 Å². The summed E-state index contributed by atoms with van der Waals surface area (Å²) in [5.74, 6) is -4.54. The Bertz CT molecular complexity index is 711. The van der Waals surface area contributed by atoms with E-state index in [1.54, 1.807) is 6.92 Å². The number of carboxylic acids is 1. The van der Waals surface area contributed by atoms with E-state index in [1.807, 2.05) is 0 Å². The first kappa shape index (κ1) is 16.0. The van der Waals surface area contributed by atoms with Crippen LogP contribution in [0.2, 0.25) is 0 Å². The summed E-state index contributed by atoms with van der Waals surface area (Å²) in [5, 5.41) is 8.85. The second-order valence-electron chi connectivity index (χ2n) is 4.57. The van der Waals surface area contributed by atoms with E-state index in [9.17, 15) is 18.0 Å². The smallest absolute Gasteiger partial charge is 0.354 e. The molecule has 0 aliphatic heterocycles. The Morgan fingerprint density at radius 1 is 1.18 bits per heavy atom. The maximum absolute atomic E-state index is 14.2. The number of halogens is 3. The van der Waals surface area contributed by atoms with Crippen molar-refractivity contribution in [3.8, 4) is 11.3 Å². The van der Waals surface area contributed by atoms with Crippen LogP contribution in [0.1, 0.15) is 29.1 Å². The maximum Gasteiger partial charge on any atom is 0.354 e. The number of hydrogen-bond acceptors (Lipinski definition) is 3. The predicted octanol–water partition coefficient (Wildman–Crippen LogP) is 3.57. The summed E-state index contributed by atoms with van der Waals surface area (Å²) in [6.45, 7) is 1.60. The lowest BCUT2D eigenvalue weighted by molar-refractivity contribution is 0.0690. The molecule has 0 amide bonds. The zero-order valence-corrected chi connectivity index (χ0v) is 11.7. The molecule has 1 atom stereocenters. The molecule has 1 heterocycles. The van der Waals surface area contributed by atoms with Crippen LogP contribution in [0.4, 0.5) is 13.2 Å². The average molecular weight is 311 g/mol. The molecular formula is C15H12F3NO3. The average Bonchev–Trinajstić information content (AvgIpc) is 2.47. The van der Waals surface area contributed by atoms with Gasteiger partial charge in [0.05, 0.1) is 11.7 Å². The Balaban J connectivity index is 2.63. The normalized spacial score (nSPS) is 12.2. The van der Waals surface area contributed by atoms with Crippen LogP contribution in [0, 0.1) is 17.5 Å². The van der Waals surface area contributed by atoms with Crippen LogP contribution in [0.3, 0.4) is 0 Å². The number of carbonyl (C=O) groups is 1. The molecule has 4 nitrogen and oxygen atoms in total. The lowest BCUT2D eigenvalue weighted by Crippen LogP contribution is -2.06. The predicted molar refractivity (Wildman–Crippen MR) is 71.9 cm³/mol. The van der Waals surface area contributed by atoms with E-state index in [2.05, 4.69) is 4.98 Å². The van der Waals surface area contributed by atoms with Gasteiger partial charge in [0.25, 0.3) is 0 Å². The van der Waals surface area contributed by atoms with Gasteiger partial charge in [0, 0.05) is 7.11 Å². The minimum Gasteiger partial charge on any atom is -0.477 e. The summed E-state index contributed by atoms with van der Waals surface area (Å²) in [5.41, 5.74) is -1.68. The van der Waals surface area contributed by atoms with Crippen molar-refractivity contribution in [3.05, 3.63) is 53.0 Å². The van der Waals surface area contributed by atoms with Crippen LogP contribution >= 0.6 is 0 Å². The van der Waals surface area contributed by atoms with Gasteiger partial charge in [-0.2, -0.15) is 0 Å². The van der Waals surface area contributed by atoms with Crippen LogP contribution in [-0.4, -0.2) is 23.2 Å². The fraction of sp³-hybridized carbons (Fsp3) is 0.200. The third-order valence-electron chi connectivity index (χ3n) is 3.19. The number of aromatic carboxylic acids is 1. The highest BCUT2D eigenvalue weighted by Gasteiger charge is 2.21. The van der Waals surface area contributed by atoms with Crippen LogP contribution in [0.15, 0.2) is 24.3 Å². The number of benzene rings is 1. The highest BCUT2D eigenvalue weighted by atomic mass is 19.1. The largest absolute Gasteiger partial charge is 0.477 e. The first-order valence-corrected chi connectivity index (χ1v) is 6.27. The van der Waals surface area contributed by atoms with Crippen LogP contribution in [-0.2, 0) is 4.74 Å². The third-order valence-corrected chi connectivity index (χ3v) is 3.19. The Hall–Kier alpha value is -2.41. The van der Waals surface area contributed by atoms with Gasteiger partial charge in [-0.3, -0.25) is 0 Å². The number of carboxylic acid groups (broad SMARTS) is 1. The third kappa shape index (κ3) is 2.94. The van der Waals surface area contributed by atoms with Crippen molar-refractivity contribution in [2.24, 2.45) is 0 Å². The van der Waals surface area contributed by atoms with Crippen molar-refractivity contribution in [1.82, 2.24) is 4.98 Å². The molecule has 116 valence electrons. The van der Waals surface area contributed by atoms with E-state index in [1.165, 1.54) is 7.11 Å². The van der Waals surface area contributed by atoms with Crippen molar-refractivity contribution in [2.75, 3.05) is 7.11 Å². The zero-order valence-electron chi connectivity index (χ0n) is 11.7. The summed E-state index contributed by atoms with van der Waals surface area (Å²) in [6.07, 6.45) is -0.554. The number of rotatable bonds is 4. The first-order chi connectivity index (χ1) is 10.3. The number of pyridine rings is 1. The lowest BCUT2D eigenvalue weighted by Gasteiger charge is -2.13. The van der Waals surface area contributed by atoms with Crippen molar-refractivity contribution in [2.45, 2.75) is 13.0 Å². The first-order valence-electron chi connectivity index (χ1n) is 6.27. The molecule has 1 aromatic heterocycles. The molecule has 1 aromatic carbocycles. The Kier molecular flexibility index (Phi) is 4.46. The van der Waals surface area contributed by atoms with Gasteiger partial charge >= 0.3 is 5.97 Å². The van der Waals surface area contributed by atoms with Gasteiger partial charge in [-0.25, -0.2) is 22.9 Å². The second-order valence-corrected chi connectivity index (χ2v) is 4.57. The standard InChI is InChI=1S/C15H12F3NO3/c1-7(22-2)8-5-10(17)13(11(18)6-8)14-9(16)3-4-12(19-14)15(20)21/h3-7H,1-2H3,(H,20,21)/t7-/m0/s1. The number of methoxy groups -OCH3 is 1. The van der Waals surface area contributed by atoms with Gasteiger partial charge in [-0.05, 0) is 36.8 Å². The highest BCUT2D eigenvalue weighted by Crippen LogP contribution is 2.30. The number of hydrogen-bond donors (Lipinski definition) is 1. The Morgan fingerprint density at radius 2 is 1.77 bits per heavy atom. The fourth-order valence-corrected chi connectivity index (χ4v) is 1.93. The molecule has 0 spiro atoms. The number of nitrogens with zero attached hydrogens (tertiary/aromatic N) is 1. The quantitative estimate of drug-likeness (QED) is 0.937. The van der Waals surface area contributed by atoms with E-state index in [4.69, 9.17) is 9.84 Å². The van der Waals surface area contributed by atoms with Gasteiger partial charge in [0.15, 0.2) is 0 Å². The monoisotopic (exact) mass is 311 g/mol. The molecule has 2 rings (SSSR count).